The quantitative estimate of drug-likeness (QED) is 0.269. The van der Waals surface area contributed by atoms with E-state index >= 15 is 0 Å². The maximum atomic E-state index is 10.9. The summed E-state index contributed by atoms with van der Waals surface area (Å²) in [6.07, 6.45) is 4.11. The van der Waals surface area contributed by atoms with Gasteiger partial charge < -0.3 is 15.4 Å². The van der Waals surface area contributed by atoms with Crippen molar-refractivity contribution in [3.8, 4) is 0 Å². The van der Waals surface area contributed by atoms with Gasteiger partial charge in [0.2, 0.25) is 0 Å². The number of carbonyl (C=O) groups is 1. The number of oxime groups is 1. The zero-order chi connectivity index (χ0) is 12.2. The average Bonchev–Trinajstić information content (AvgIpc) is 2.25. The first-order valence-electron chi connectivity index (χ1n) is 5.92. The zero-order valence-electron chi connectivity index (χ0n) is 10.3. The van der Waals surface area contributed by atoms with Crippen LogP contribution in [-0.4, -0.2) is 48.4 Å². The van der Waals surface area contributed by atoms with Gasteiger partial charge in [0.05, 0.1) is 0 Å². The fourth-order valence-electron chi connectivity index (χ4n) is 1.58. The minimum Gasteiger partial charge on any atom is -0.411 e. The molecule has 0 aliphatic rings. The van der Waals surface area contributed by atoms with E-state index in [1.165, 1.54) is 0 Å². The van der Waals surface area contributed by atoms with E-state index in [9.17, 15) is 4.79 Å². The number of nitrogens with zero attached hydrogens (tertiary/aromatic N) is 2. The highest BCUT2D eigenvalue weighted by Gasteiger charge is 2.02. The molecule has 94 valence electrons. The first kappa shape index (κ1) is 14.9. The molecule has 1 amide bonds. The highest BCUT2D eigenvalue weighted by atomic mass is 16.4. The summed E-state index contributed by atoms with van der Waals surface area (Å²) in [6, 6.07) is 0. The van der Waals surface area contributed by atoms with E-state index in [4.69, 9.17) is 5.21 Å². The second-order valence-electron chi connectivity index (χ2n) is 3.73. The van der Waals surface area contributed by atoms with Crippen molar-refractivity contribution < 1.29 is 10.0 Å². The van der Waals surface area contributed by atoms with E-state index in [0.29, 0.717) is 6.54 Å². The van der Waals surface area contributed by atoms with Crippen LogP contribution in [0.4, 0.5) is 0 Å². The van der Waals surface area contributed by atoms with Crippen LogP contribution in [0.5, 0.6) is 0 Å². The summed E-state index contributed by atoms with van der Waals surface area (Å²) in [5.74, 6) is -0.347. The standard InChI is InChI=1S/C11H23N3O2/c1-3-7-14(8-4-2)9-5-6-12-11(15)10-13-16/h10,16H,3-9H2,1-2H3,(H,12,15)/b13-10+. The molecule has 0 spiro atoms. The molecule has 0 unspecified atom stereocenters. The molecular weight excluding hydrogens is 206 g/mol. The van der Waals surface area contributed by atoms with E-state index in [0.717, 1.165) is 45.1 Å². The Balaban J connectivity index is 3.57. The molecule has 0 atom stereocenters. The third-order valence-electron chi connectivity index (χ3n) is 2.21. The minimum absolute atomic E-state index is 0.347. The van der Waals surface area contributed by atoms with Gasteiger partial charge in [0.25, 0.3) is 5.91 Å². The van der Waals surface area contributed by atoms with E-state index < -0.39 is 0 Å². The van der Waals surface area contributed by atoms with Crippen LogP contribution in [0, 0.1) is 0 Å². The molecule has 0 aliphatic heterocycles. The Morgan fingerprint density at radius 2 is 1.94 bits per heavy atom. The van der Waals surface area contributed by atoms with Crippen LogP contribution in [-0.2, 0) is 4.79 Å². The maximum Gasteiger partial charge on any atom is 0.265 e. The van der Waals surface area contributed by atoms with Crippen molar-refractivity contribution in [3.05, 3.63) is 0 Å². The summed E-state index contributed by atoms with van der Waals surface area (Å²) >= 11 is 0. The predicted octanol–water partition coefficient (Wildman–Crippen LogP) is 1.07. The first-order chi connectivity index (χ1) is 7.74. The highest BCUT2D eigenvalue weighted by molar-refractivity contribution is 6.25. The van der Waals surface area contributed by atoms with Gasteiger partial charge in [-0.25, -0.2) is 0 Å². The van der Waals surface area contributed by atoms with Crippen LogP contribution in [0.1, 0.15) is 33.1 Å². The number of carbonyl (C=O) groups excluding carboxylic acids is 1. The molecule has 0 saturated carbocycles. The molecule has 0 bridgehead atoms. The molecule has 5 heteroatoms. The van der Waals surface area contributed by atoms with Gasteiger partial charge in [-0.3, -0.25) is 4.79 Å². The molecule has 0 saturated heterocycles. The smallest absolute Gasteiger partial charge is 0.265 e. The van der Waals surface area contributed by atoms with Crippen LogP contribution in [0.3, 0.4) is 0 Å². The summed E-state index contributed by atoms with van der Waals surface area (Å²) in [5.41, 5.74) is 0. The number of nitrogens with one attached hydrogen (secondary N) is 1. The summed E-state index contributed by atoms with van der Waals surface area (Å²) in [6.45, 7) is 8.18. The van der Waals surface area contributed by atoms with Gasteiger partial charge in [-0.1, -0.05) is 19.0 Å². The molecule has 0 aromatic heterocycles. The van der Waals surface area contributed by atoms with E-state index in [2.05, 4.69) is 29.2 Å². The molecule has 0 rings (SSSR count). The molecule has 5 nitrogen and oxygen atoms in total. The van der Waals surface area contributed by atoms with Gasteiger partial charge in [-0.05, 0) is 38.9 Å². The Kier molecular flexibility index (Phi) is 9.70. The summed E-state index contributed by atoms with van der Waals surface area (Å²) < 4.78 is 0. The van der Waals surface area contributed by atoms with Crippen LogP contribution in [0.15, 0.2) is 5.16 Å². The highest BCUT2D eigenvalue weighted by Crippen LogP contribution is 1.95. The normalized spacial score (nSPS) is 11.2. The van der Waals surface area contributed by atoms with Gasteiger partial charge in [0.15, 0.2) is 0 Å². The number of hydrogen-bond acceptors (Lipinski definition) is 4. The van der Waals surface area contributed by atoms with Crippen LogP contribution < -0.4 is 5.32 Å². The fraction of sp³-hybridized carbons (Fsp3) is 0.818. The lowest BCUT2D eigenvalue weighted by Crippen LogP contribution is -2.31. The van der Waals surface area contributed by atoms with Crippen molar-refractivity contribution in [2.45, 2.75) is 33.1 Å². The third kappa shape index (κ3) is 8.23. The Labute approximate surface area is 97.5 Å². The van der Waals surface area contributed by atoms with Crippen molar-refractivity contribution in [1.29, 1.82) is 0 Å². The predicted molar refractivity (Wildman–Crippen MR) is 64.9 cm³/mol. The van der Waals surface area contributed by atoms with Crippen molar-refractivity contribution in [2.24, 2.45) is 5.16 Å². The minimum atomic E-state index is -0.347. The third-order valence-corrected chi connectivity index (χ3v) is 2.21. The second-order valence-corrected chi connectivity index (χ2v) is 3.73. The van der Waals surface area contributed by atoms with Crippen molar-refractivity contribution >= 4 is 12.1 Å². The van der Waals surface area contributed by atoms with Crippen molar-refractivity contribution in [3.63, 3.8) is 0 Å². The second kappa shape index (κ2) is 10.4. The molecule has 0 aromatic rings. The molecule has 2 N–H and O–H groups in total. The first-order valence-corrected chi connectivity index (χ1v) is 5.92. The Morgan fingerprint density at radius 1 is 1.31 bits per heavy atom. The number of hydrogen-bond donors (Lipinski definition) is 2. The van der Waals surface area contributed by atoms with Gasteiger partial charge in [0, 0.05) is 6.54 Å². The lowest BCUT2D eigenvalue weighted by atomic mass is 10.3. The average molecular weight is 229 g/mol. The van der Waals surface area contributed by atoms with Gasteiger partial charge >= 0.3 is 0 Å². The molecule has 0 aromatic carbocycles. The molecular formula is C11H23N3O2. The molecule has 0 aliphatic carbocycles. The van der Waals surface area contributed by atoms with E-state index in [1.807, 2.05) is 0 Å². The van der Waals surface area contributed by atoms with Crippen LogP contribution in [0.25, 0.3) is 0 Å². The summed E-state index contributed by atoms with van der Waals surface area (Å²) in [4.78, 5) is 13.3. The van der Waals surface area contributed by atoms with Crippen molar-refractivity contribution in [2.75, 3.05) is 26.2 Å². The maximum absolute atomic E-state index is 10.9. The molecule has 16 heavy (non-hydrogen) atoms. The Morgan fingerprint density at radius 3 is 2.44 bits per heavy atom. The monoisotopic (exact) mass is 229 g/mol. The number of amides is 1. The van der Waals surface area contributed by atoms with Gasteiger partial charge in [0.1, 0.15) is 6.21 Å². The Bertz CT molecular complexity index is 201. The lowest BCUT2D eigenvalue weighted by Gasteiger charge is -2.20. The van der Waals surface area contributed by atoms with E-state index in [-0.39, 0.29) is 5.91 Å². The molecule has 0 fully saturated rings. The van der Waals surface area contributed by atoms with Gasteiger partial charge in [-0.2, -0.15) is 0 Å². The Hall–Kier alpha value is -1.10. The van der Waals surface area contributed by atoms with Crippen LogP contribution in [0.2, 0.25) is 0 Å². The zero-order valence-corrected chi connectivity index (χ0v) is 10.3. The fourth-order valence-corrected chi connectivity index (χ4v) is 1.58. The largest absolute Gasteiger partial charge is 0.411 e. The lowest BCUT2D eigenvalue weighted by molar-refractivity contribution is -0.114. The van der Waals surface area contributed by atoms with E-state index in [1.54, 1.807) is 0 Å². The topological polar surface area (TPSA) is 64.9 Å². The molecule has 0 heterocycles. The molecule has 0 radical (unpaired) electrons. The van der Waals surface area contributed by atoms with Gasteiger partial charge in [-0.15, -0.1) is 0 Å². The SMILES string of the molecule is CCCN(CCC)CCCNC(=O)/C=N/O. The number of rotatable bonds is 9. The van der Waals surface area contributed by atoms with Crippen LogP contribution >= 0.6 is 0 Å². The summed E-state index contributed by atoms with van der Waals surface area (Å²) in [5, 5.41) is 13.4. The van der Waals surface area contributed by atoms with Crippen molar-refractivity contribution in [1.82, 2.24) is 10.2 Å². The summed E-state index contributed by atoms with van der Waals surface area (Å²) in [7, 11) is 0.